The molecule has 0 spiro atoms. The Bertz CT molecular complexity index is 816. The third-order valence-corrected chi connectivity index (χ3v) is 6.62. The van der Waals surface area contributed by atoms with Crippen molar-refractivity contribution in [2.75, 3.05) is 12.8 Å². The van der Waals surface area contributed by atoms with Gasteiger partial charge in [-0.05, 0) is 72.8 Å². The van der Waals surface area contributed by atoms with Gasteiger partial charge in [0.05, 0.1) is 0 Å². The zero-order valence-corrected chi connectivity index (χ0v) is 15.9. The molecule has 26 heavy (non-hydrogen) atoms. The highest BCUT2D eigenvalue weighted by Gasteiger charge is 2.38. The maximum absolute atomic E-state index is 12.8. The average Bonchev–Trinajstić information content (AvgIpc) is 3.22. The normalized spacial score (nSPS) is 25.2. The SMILES string of the molecule is C=C(C(=O)NC1CC2CCC(C1)N2C)c1cc(-c2ccsc2)ccc1N. The van der Waals surface area contributed by atoms with Gasteiger partial charge >= 0.3 is 0 Å². The minimum atomic E-state index is -0.104. The molecule has 5 heteroatoms. The van der Waals surface area contributed by atoms with Crippen LogP contribution in [0.5, 0.6) is 0 Å². The van der Waals surface area contributed by atoms with E-state index in [0.29, 0.717) is 23.3 Å². The summed E-state index contributed by atoms with van der Waals surface area (Å²) in [7, 11) is 2.20. The zero-order chi connectivity index (χ0) is 18.3. The Morgan fingerprint density at radius 3 is 2.62 bits per heavy atom. The van der Waals surface area contributed by atoms with E-state index in [0.717, 1.165) is 29.5 Å². The second-order valence-corrected chi connectivity index (χ2v) is 8.26. The van der Waals surface area contributed by atoms with Crippen LogP contribution in [-0.2, 0) is 4.79 Å². The smallest absolute Gasteiger partial charge is 0.251 e. The van der Waals surface area contributed by atoms with Crippen molar-refractivity contribution >= 4 is 28.5 Å². The number of benzene rings is 1. The highest BCUT2D eigenvalue weighted by atomic mass is 32.1. The van der Waals surface area contributed by atoms with Gasteiger partial charge in [-0.25, -0.2) is 0 Å². The van der Waals surface area contributed by atoms with Gasteiger partial charge in [0.1, 0.15) is 0 Å². The van der Waals surface area contributed by atoms with E-state index >= 15 is 0 Å². The Kier molecular flexibility index (Phi) is 4.59. The Labute approximate surface area is 158 Å². The van der Waals surface area contributed by atoms with E-state index in [2.05, 4.69) is 35.3 Å². The van der Waals surface area contributed by atoms with E-state index in [1.54, 1.807) is 11.3 Å². The fourth-order valence-electron chi connectivity index (χ4n) is 4.35. The van der Waals surface area contributed by atoms with Crippen molar-refractivity contribution in [1.29, 1.82) is 0 Å². The lowest BCUT2D eigenvalue weighted by Gasteiger charge is -2.36. The summed E-state index contributed by atoms with van der Waals surface area (Å²) in [6, 6.07) is 9.30. The fraction of sp³-hybridized carbons (Fsp3) is 0.381. The standard InChI is InChI=1S/C21H25N3OS/c1-13(19-9-14(3-6-20(19)22)15-7-8-26-12-15)21(25)23-16-10-17-4-5-18(11-16)24(17)2/h3,6-9,12,16-18H,1,4-5,10-11,22H2,2H3,(H,23,25). The molecule has 2 fully saturated rings. The second-order valence-electron chi connectivity index (χ2n) is 7.48. The minimum Gasteiger partial charge on any atom is -0.398 e. The molecule has 4 nitrogen and oxygen atoms in total. The van der Waals surface area contributed by atoms with E-state index in [-0.39, 0.29) is 11.9 Å². The number of nitrogens with one attached hydrogen (secondary N) is 1. The van der Waals surface area contributed by atoms with Crippen LogP contribution in [0.3, 0.4) is 0 Å². The number of anilines is 1. The van der Waals surface area contributed by atoms with Gasteiger partial charge in [-0.2, -0.15) is 11.3 Å². The fourth-order valence-corrected chi connectivity index (χ4v) is 5.02. The van der Waals surface area contributed by atoms with Crippen LogP contribution in [0.4, 0.5) is 5.69 Å². The number of carbonyl (C=O) groups excluding carboxylic acids is 1. The van der Waals surface area contributed by atoms with Gasteiger partial charge in [0.2, 0.25) is 0 Å². The Morgan fingerprint density at radius 1 is 1.23 bits per heavy atom. The minimum absolute atomic E-state index is 0.104. The third kappa shape index (κ3) is 3.17. The summed E-state index contributed by atoms with van der Waals surface area (Å²) in [5.41, 5.74) is 10.1. The van der Waals surface area contributed by atoms with Crippen LogP contribution >= 0.6 is 11.3 Å². The van der Waals surface area contributed by atoms with Crippen molar-refractivity contribution in [2.45, 2.75) is 43.8 Å². The van der Waals surface area contributed by atoms with E-state index in [1.165, 1.54) is 12.8 Å². The number of nitrogen functional groups attached to an aromatic ring is 1. The first-order chi connectivity index (χ1) is 12.5. The first kappa shape index (κ1) is 17.3. The molecule has 0 aliphatic carbocycles. The van der Waals surface area contributed by atoms with Crippen LogP contribution in [-0.4, -0.2) is 36.0 Å². The molecule has 1 aromatic carbocycles. The van der Waals surface area contributed by atoms with Gasteiger partial charge in [0.15, 0.2) is 0 Å². The van der Waals surface area contributed by atoms with Gasteiger partial charge in [0, 0.05) is 34.9 Å². The van der Waals surface area contributed by atoms with Crippen molar-refractivity contribution in [3.05, 3.63) is 47.2 Å². The summed E-state index contributed by atoms with van der Waals surface area (Å²) in [5.74, 6) is -0.104. The summed E-state index contributed by atoms with van der Waals surface area (Å²) in [4.78, 5) is 15.3. The molecule has 2 unspecified atom stereocenters. The highest BCUT2D eigenvalue weighted by Crippen LogP contribution is 2.35. The van der Waals surface area contributed by atoms with Gasteiger partial charge in [-0.15, -0.1) is 0 Å². The molecular weight excluding hydrogens is 342 g/mol. The number of fused-ring (bicyclic) bond motifs is 2. The number of amides is 1. The molecule has 0 radical (unpaired) electrons. The first-order valence-corrected chi connectivity index (χ1v) is 10.1. The highest BCUT2D eigenvalue weighted by molar-refractivity contribution is 7.08. The predicted octanol–water partition coefficient (Wildman–Crippen LogP) is 3.75. The van der Waals surface area contributed by atoms with Crippen LogP contribution in [0.25, 0.3) is 16.7 Å². The van der Waals surface area contributed by atoms with E-state index < -0.39 is 0 Å². The average molecular weight is 368 g/mol. The Morgan fingerprint density at radius 2 is 1.96 bits per heavy atom. The summed E-state index contributed by atoms with van der Waals surface area (Å²) in [6.45, 7) is 4.04. The third-order valence-electron chi connectivity index (χ3n) is 5.94. The lowest BCUT2D eigenvalue weighted by molar-refractivity contribution is -0.116. The van der Waals surface area contributed by atoms with Crippen LogP contribution in [0.1, 0.15) is 31.2 Å². The number of nitrogens with two attached hydrogens (primary N) is 1. The molecule has 2 aromatic rings. The largest absolute Gasteiger partial charge is 0.398 e. The quantitative estimate of drug-likeness (QED) is 0.639. The van der Waals surface area contributed by atoms with E-state index in [4.69, 9.17) is 5.73 Å². The number of piperidine rings is 1. The van der Waals surface area contributed by atoms with Gasteiger partial charge in [0.25, 0.3) is 5.91 Å². The number of nitrogens with zero attached hydrogens (tertiary/aromatic N) is 1. The molecule has 1 aromatic heterocycles. The molecule has 2 bridgehead atoms. The molecule has 1 amide bonds. The maximum Gasteiger partial charge on any atom is 0.251 e. The first-order valence-electron chi connectivity index (χ1n) is 9.17. The molecule has 3 N–H and O–H groups in total. The number of thiophene rings is 1. The number of hydrogen-bond acceptors (Lipinski definition) is 4. The van der Waals surface area contributed by atoms with Crippen molar-refractivity contribution in [3.8, 4) is 11.1 Å². The van der Waals surface area contributed by atoms with Crippen LogP contribution in [0.2, 0.25) is 0 Å². The summed E-state index contributed by atoms with van der Waals surface area (Å²) in [5, 5.41) is 7.33. The zero-order valence-electron chi connectivity index (χ0n) is 15.1. The molecule has 3 heterocycles. The van der Waals surface area contributed by atoms with Crippen LogP contribution in [0.15, 0.2) is 41.6 Å². The lowest BCUT2D eigenvalue weighted by atomic mass is 9.96. The van der Waals surface area contributed by atoms with Crippen LogP contribution < -0.4 is 11.1 Å². The maximum atomic E-state index is 12.8. The molecule has 2 aliphatic heterocycles. The van der Waals surface area contributed by atoms with Crippen molar-refractivity contribution in [3.63, 3.8) is 0 Å². The molecule has 2 saturated heterocycles. The van der Waals surface area contributed by atoms with Crippen molar-refractivity contribution in [2.24, 2.45) is 0 Å². The van der Waals surface area contributed by atoms with Gasteiger partial charge in [-0.1, -0.05) is 12.6 Å². The number of hydrogen-bond donors (Lipinski definition) is 2. The number of rotatable bonds is 4. The van der Waals surface area contributed by atoms with Gasteiger partial charge in [-0.3, -0.25) is 4.79 Å². The molecular formula is C21H25N3OS. The monoisotopic (exact) mass is 367 g/mol. The molecule has 2 atom stereocenters. The van der Waals surface area contributed by atoms with Crippen molar-refractivity contribution in [1.82, 2.24) is 10.2 Å². The van der Waals surface area contributed by atoms with E-state index in [1.807, 2.05) is 23.6 Å². The summed E-state index contributed by atoms with van der Waals surface area (Å²) in [6.07, 6.45) is 4.53. The van der Waals surface area contributed by atoms with Crippen LogP contribution in [0, 0.1) is 0 Å². The Hall–Kier alpha value is -2.11. The predicted molar refractivity (Wildman–Crippen MR) is 109 cm³/mol. The summed E-state index contributed by atoms with van der Waals surface area (Å²) < 4.78 is 0. The number of carbonyl (C=O) groups is 1. The molecule has 0 saturated carbocycles. The second kappa shape index (κ2) is 6.89. The van der Waals surface area contributed by atoms with Crippen molar-refractivity contribution < 1.29 is 4.79 Å². The lowest BCUT2D eigenvalue weighted by Crippen LogP contribution is -2.48. The van der Waals surface area contributed by atoms with E-state index in [9.17, 15) is 4.79 Å². The van der Waals surface area contributed by atoms with Gasteiger partial charge < -0.3 is 16.0 Å². The molecule has 4 rings (SSSR count). The summed E-state index contributed by atoms with van der Waals surface area (Å²) >= 11 is 1.65. The Balaban J connectivity index is 1.49. The molecule has 2 aliphatic rings. The topological polar surface area (TPSA) is 58.4 Å². The molecule has 136 valence electrons.